The molecule has 0 saturated carbocycles. The van der Waals surface area contributed by atoms with Crippen molar-refractivity contribution in [1.29, 1.82) is 0 Å². The van der Waals surface area contributed by atoms with E-state index in [9.17, 15) is 15.0 Å². The molecule has 0 aromatic heterocycles. The molecule has 106 valence electrons. The van der Waals surface area contributed by atoms with Crippen molar-refractivity contribution in [2.45, 2.75) is 18.9 Å². The third-order valence-corrected chi connectivity index (χ3v) is 3.12. The second-order valence-electron chi connectivity index (χ2n) is 4.24. The van der Waals surface area contributed by atoms with Crippen LogP contribution in [0.15, 0.2) is 24.3 Å². The molecule has 19 heavy (non-hydrogen) atoms. The van der Waals surface area contributed by atoms with Crippen LogP contribution in [-0.2, 0) is 4.79 Å². The number of ether oxygens (including phenoxy) is 1. The second kappa shape index (κ2) is 7.33. The van der Waals surface area contributed by atoms with Gasteiger partial charge in [-0.2, -0.15) is 0 Å². The van der Waals surface area contributed by atoms with Gasteiger partial charge in [-0.3, -0.25) is 4.79 Å². The van der Waals surface area contributed by atoms with Crippen molar-refractivity contribution in [1.82, 2.24) is 5.32 Å². The number of halogens is 1. The Balaban J connectivity index is 2.49. The Morgan fingerprint density at radius 1 is 1.32 bits per heavy atom. The van der Waals surface area contributed by atoms with E-state index in [0.29, 0.717) is 17.2 Å². The molecule has 0 saturated heterocycles. The summed E-state index contributed by atoms with van der Waals surface area (Å²) in [5.41, 5.74) is -1.000. The molecule has 0 fully saturated rings. The lowest BCUT2D eigenvalue weighted by atomic mass is 9.98. The fraction of sp³-hybridized carbons (Fsp3) is 0.462. The van der Waals surface area contributed by atoms with Crippen LogP contribution in [0.3, 0.4) is 0 Å². The highest BCUT2D eigenvalue weighted by Crippen LogP contribution is 2.15. The van der Waals surface area contributed by atoms with E-state index in [-0.39, 0.29) is 19.8 Å². The maximum atomic E-state index is 11.7. The highest BCUT2D eigenvalue weighted by atomic mass is 35.5. The van der Waals surface area contributed by atoms with Crippen LogP contribution in [0.25, 0.3) is 0 Å². The molecule has 0 unspecified atom stereocenters. The Labute approximate surface area is 117 Å². The van der Waals surface area contributed by atoms with Crippen LogP contribution in [0.2, 0.25) is 5.02 Å². The van der Waals surface area contributed by atoms with Gasteiger partial charge in [-0.05, 0) is 30.7 Å². The summed E-state index contributed by atoms with van der Waals surface area (Å²) in [5.74, 6) is 0.120. The minimum Gasteiger partial charge on any atom is -0.484 e. The lowest BCUT2D eigenvalue weighted by Gasteiger charge is -2.29. The average molecular weight is 288 g/mol. The van der Waals surface area contributed by atoms with E-state index < -0.39 is 11.4 Å². The summed E-state index contributed by atoms with van der Waals surface area (Å²) >= 11 is 5.73. The Morgan fingerprint density at radius 3 is 2.37 bits per heavy atom. The van der Waals surface area contributed by atoms with Crippen molar-refractivity contribution in [3.63, 3.8) is 0 Å². The summed E-state index contributed by atoms with van der Waals surface area (Å²) in [7, 11) is 0. The van der Waals surface area contributed by atoms with E-state index in [0.717, 1.165) is 0 Å². The van der Waals surface area contributed by atoms with Gasteiger partial charge in [0.15, 0.2) is 6.61 Å². The lowest BCUT2D eigenvalue weighted by Crippen LogP contribution is -2.54. The second-order valence-corrected chi connectivity index (χ2v) is 4.68. The summed E-state index contributed by atoms with van der Waals surface area (Å²) in [5, 5.41) is 21.6. The van der Waals surface area contributed by atoms with Crippen molar-refractivity contribution >= 4 is 17.5 Å². The molecule has 0 aliphatic rings. The number of hydrogen-bond donors (Lipinski definition) is 3. The molecule has 0 heterocycles. The van der Waals surface area contributed by atoms with Crippen LogP contribution in [0.1, 0.15) is 13.3 Å². The largest absolute Gasteiger partial charge is 0.484 e. The molecule has 1 amide bonds. The number of hydrogen-bond acceptors (Lipinski definition) is 4. The molecule has 0 radical (unpaired) electrons. The molecule has 5 nitrogen and oxygen atoms in total. The average Bonchev–Trinajstić information content (AvgIpc) is 2.44. The number of benzene rings is 1. The number of amides is 1. The zero-order chi connectivity index (χ0) is 14.3. The summed E-state index contributed by atoms with van der Waals surface area (Å²) < 4.78 is 5.27. The minimum absolute atomic E-state index is 0.191. The number of carbonyl (C=O) groups is 1. The smallest absolute Gasteiger partial charge is 0.258 e. The highest BCUT2D eigenvalue weighted by Gasteiger charge is 2.28. The predicted octanol–water partition coefficient (Wildman–Crippen LogP) is 0.968. The van der Waals surface area contributed by atoms with Crippen molar-refractivity contribution < 1.29 is 19.7 Å². The van der Waals surface area contributed by atoms with E-state index in [1.54, 1.807) is 31.2 Å². The topological polar surface area (TPSA) is 78.8 Å². The maximum Gasteiger partial charge on any atom is 0.258 e. The SMILES string of the molecule is CCC(CO)(CO)NC(=O)COc1ccc(Cl)cc1. The van der Waals surface area contributed by atoms with Gasteiger partial charge in [0.25, 0.3) is 5.91 Å². The zero-order valence-electron chi connectivity index (χ0n) is 10.7. The van der Waals surface area contributed by atoms with E-state index in [4.69, 9.17) is 16.3 Å². The van der Waals surface area contributed by atoms with E-state index in [1.165, 1.54) is 0 Å². The molecular weight excluding hydrogens is 270 g/mol. The molecule has 0 bridgehead atoms. The van der Waals surface area contributed by atoms with Crippen LogP contribution < -0.4 is 10.1 Å². The summed E-state index contributed by atoms with van der Waals surface area (Å²) in [6.45, 7) is 0.926. The first kappa shape index (κ1) is 15.8. The summed E-state index contributed by atoms with van der Waals surface area (Å²) in [4.78, 5) is 11.7. The highest BCUT2D eigenvalue weighted by molar-refractivity contribution is 6.30. The van der Waals surface area contributed by atoms with Gasteiger partial charge in [-0.25, -0.2) is 0 Å². The lowest BCUT2D eigenvalue weighted by molar-refractivity contribution is -0.126. The molecule has 1 aromatic rings. The molecule has 1 aromatic carbocycles. The molecule has 0 spiro atoms. The Kier molecular flexibility index (Phi) is 6.08. The number of aliphatic hydroxyl groups is 2. The van der Waals surface area contributed by atoms with Crippen LogP contribution >= 0.6 is 11.6 Å². The van der Waals surface area contributed by atoms with Crippen LogP contribution in [0.4, 0.5) is 0 Å². The summed E-state index contributed by atoms with van der Waals surface area (Å²) in [6.07, 6.45) is 0.423. The Morgan fingerprint density at radius 2 is 1.89 bits per heavy atom. The number of carbonyl (C=O) groups excluding carboxylic acids is 1. The summed E-state index contributed by atoms with van der Waals surface area (Å²) in [6, 6.07) is 6.63. The standard InChI is InChI=1S/C13H18ClNO4/c1-2-13(8-16,9-17)15-12(18)7-19-11-5-3-10(14)4-6-11/h3-6,16-17H,2,7-9H2,1H3,(H,15,18). The van der Waals surface area contributed by atoms with E-state index >= 15 is 0 Å². The third-order valence-electron chi connectivity index (χ3n) is 2.87. The first-order valence-corrected chi connectivity index (χ1v) is 6.34. The van der Waals surface area contributed by atoms with Gasteiger partial charge >= 0.3 is 0 Å². The molecule has 6 heteroatoms. The van der Waals surface area contributed by atoms with Gasteiger partial charge in [-0.15, -0.1) is 0 Å². The zero-order valence-corrected chi connectivity index (χ0v) is 11.5. The first-order chi connectivity index (χ1) is 9.05. The van der Waals surface area contributed by atoms with Crippen LogP contribution in [0, 0.1) is 0 Å². The number of rotatable bonds is 7. The van der Waals surface area contributed by atoms with Gasteiger partial charge < -0.3 is 20.3 Å². The van der Waals surface area contributed by atoms with Gasteiger partial charge in [0, 0.05) is 5.02 Å². The van der Waals surface area contributed by atoms with Gasteiger partial charge in [0.1, 0.15) is 5.75 Å². The number of aliphatic hydroxyl groups excluding tert-OH is 2. The van der Waals surface area contributed by atoms with Gasteiger partial charge in [0.2, 0.25) is 0 Å². The first-order valence-electron chi connectivity index (χ1n) is 5.96. The fourth-order valence-corrected chi connectivity index (χ4v) is 1.58. The van der Waals surface area contributed by atoms with Crippen molar-refractivity contribution in [2.24, 2.45) is 0 Å². The third kappa shape index (κ3) is 4.70. The van der Waals surface area contributed by atoms with Crippen molar-refractivity contribution in [3.8, 4) is 5.75 Å². The Hall–Kier alpha value is -1.30. The predicted molar refractivity (Wildman–Crippen MR) is 72.3 cm³/mol. The van der Waals surface area contributed by atoms with Gasteiger partial charge in [-0.1, -0.05) is 18.5 Å². The quantitative estimate of drug-likeness (QED) is 0.698. The fourth-order valence-electron chi connectivity index (χ4n) is 1.45. The Bertz CT molecular complexity index is 395. The minimum atomic E-state index is -1.000. The van der Waals surface area contributed by atoms with E-state index in [1.807, 2.05) is 0 Å². The van der Waals surface area contributed by atoms with E-state index in [2.05, 4.69) is 5.32 Å². The molecule has 1 rings (SSSR count). The van der Waals surface area contributed by atoms with Crippen molar-refractivity contribution in [3.05, 3.63) is 29.3 Å². The molecular formula is C13H18ClNO4. The molecule has 0 atom stereocenters. The molecule has 3 N–H and O–H groups in total. The van der Waals surface area contributed by atoms with Gasteiger partial charge in [0.05, 0.1) is 18.8 Å². The monoisotopic (exact) mass is 287 g/mol. The van der Waals surface area contributed by atoms with Crippen LogP contribution in [0.5, 0.6) is 5.75 Å². The van der Waals surface area contributed by atoms with Crippen molar-refractivity contribution in [2.75, 3.05) is 19.8 Å². The molecule has 0 aliphatic heterocycles. The molecule has 0 aliphatic carbocycles. The normalized spacial score (nSPS) is 11.2. The van der Waals surface area contributed by atoms with Crippen LogP contribution in [-0.4, -0.2) is 41.5 Å². The maximum absolute atomic E-state index is 11.7. The number of nitrogens with one attached hydrogen (secondary N) is 1.